The van der Waals surface area contributed by atoms with Crippen LogP contribution in [0.1, 0.15) is 24.1 Å². The van der Waals surface area contributed by atoms with Crippen LogP contribution in [0.15, 0.2) is 77.7 Å². The van der Waals surface area contributed by atoms with Gasteiger partial charge in [0.05, 0.1) is 17.5 Å². The van der Waals surface area contributed by atoms with Crippen molar-refractivity contribution in [2.45, 2.75) is 24.4 Å². The quantitative estimate of drug-likeness (QED) is 0.421. The minimum atomic E-state index is -3.96. The van der Waals surface area contributed by atoms with Crippen LogP contribution in [0, 0.1) is 0 Å². The fraction of sp³-hybridized carbons (Fsp3) is 0.174. The van der Waals surface area contributed by atoms with Crippen LogP contribution in [0.5, 0.6) is 0 Å². The third kappa shape index (κ3) is 6.47. The van der Waals surface area contributed by atoms with Crippen molar-refractivity contribution >= 4 is 50.7 Å². The van der Waals surface area contributed by atoms with Crippen molar-refractivity contribution in [2.24, 2.45) is 0 Å². The summed E-state index contributed by atoms with van der Waals surface area (Å²) in [5.74, 6) is -0.432. The van der Waals surface area contributed by atoms with E-state index in [-0.39, 0.29) is 24.0 Å². The summed E-state index contributed by atoms with van der Waals surface area (Å²) >= 11 is 17.8. The SMILES string of the molecule is CC(NC(=O)CN(Cc1ccc(Cl)cc1)S(=O)(=O)c1ccc(Cl)cc1)c1ccc(Cl)cc1. The maximum atomic E-state index is 13.3. The average molecular weight is 512 g/mol. The molecule has 0 aliphatic rings. The van der Waals surface area contributed by atoms with E-state index in [0.717, 1.165) is 9.87 Å². The number of benzene rings is 3. The van der Waals surface area contributed by atoms with E-state index in [1.165, 1.54) is 24.3 Å². The molecule has 5 nitrogen and oxygen atoms in total. The second-order valence-electron chi connectivity index (χ2n) is 7.19. The van der Waals surface area contributed by atoms with Gasteiger partial charge in [0.1, 0.15) is 0 Å². The molecule has 9 heteroatoms. The van der Waals surface area contributed by atoms with Gasteiger partial charge in [-0.2, -0.15) is 4.31 Å². The Labute approximate surface area is 203 Å². The molecule has 3 aromatic carbocycles. The number of hydrogen-bond acceptors (Lipinski definition) is 3. The lowest BCUT2D eigenvalue weighted by Crippen LogP contribution is -2.41. The van der Waals surface area contributed by atoms with E-state index >= 15 is 0 Å². The molecule has 0 aliphatic heterocycles. The van der Waals surface area contributed by atoms with Crippen molar-refractivity contribution in [3.05, 3.63) is 99.0 Å². The van der Waals surface area contributed by atoms with Crippen molar-refractivity contribution in [1.29, 1.82) is 0 Å². The molecule has 0 spiro atoms. The maximum absolute atomic E-state index is 13.3. The van der Waals surface area contributed by atoms with E-state index in [9.17, 15) is 13.2 Å². The molecule has 0 saturated carbocycles. The predicted molar refractivity (Wildman–Crippen MR) is 129 cm³/mol. The molecule has 32 heavy (non-hydrogen) atoms. The van der Waals surface area contributed by atoms with E-state index in [4.69, 9.17) is 34.8 Å². The predicted octanol–water partition coefficient (Wildman–Crippen LogP) is 5.72. The highest BCUT2D eigenvalue weighted by Gasteiger charge is 2.27. The van der Waals surface area contributed by atoms with E-state index in [1.807, 2.05) is 19.1 Å². The van der Waals surface area contributed by atoms with Gasteiger partial charge < -0.3 is 5.32 Å². The summed E-state index contributed by atoms with van der Waals surface area (Å²) in [5.41, 5.74) is 1.55. The Bertz CT molecular complexity index is 1170. The smallest absolute Gasteiger partial charge is 0.243 e. The number of sulfonamides is 1. The highest BCUT2D eigenvalue weighted by Crippen LogP contribution is 2.22. The van der Waals surface area contributed by atoms with E-state index in [2.05, 4.69) is 5.32 Å². The van der Waals surface area contributed by atoms with Gasteiger partial charge in [-0.05, 0) is 66.6 Å². The molecule has 1 amide bonds. The number of nitrogens with one attached hydrogen (secondary N) is 1. The largest absolute Gasteiger partial charge is 0.348 e. The number of carbonyl (C=O) groups is 1. The third-order valence-corrected chi connectivity index (χ3v) is 7.35. The molecule has 0 bridgehead atoms. The zero-order valence-electron chi connectivity index (χ0n) is 17.1. The minimum Gasteiger partial charge on any atom is -0.348 e. The monoisotopic (exact) mass is 510 g/mol. The topological polar surface area (TPSA) is 66.5 Å². The molecule has 0 heterocycles. The lowest BCUT2D eigenvalue weighted by atomic mass is 10.1. The summed E-state index contributed by atoms with van der Waals surface area (Å²) in [6.45, 7) is 1.47. The molecule has 3 aromatic rings. The van der Waals surface area contributed by atoms with Crippen LogP contribution in [0.25, 0.3) is 0 Å². The van der Waals surface area contributed by atoms with Gasteiger partial charge in [0, 0.05) is 21.6 Å². The molecule has 0 aliphatic carbocycles. The van der Waals surface area contributed by atoms with Crippen LogP contribution >= 0.6 is 34.8 Å². The molecule has 0 saturated heterocycles. The fourth-order valence-electron chi connectivity index (χ4n) is 3.06. The van der Waals surface area contributed by atoms with Crippen LogP contribution in [-0.2, 0) is 21.4 Å². The lowest BCUT2D eigenvalue weighted by molar-refractivity contribution is -0.122. The number of rotatable bonds is 8. The average Bonchev–Trinajstić information content (AvgIpc) is 2.75. The molecule has 0 aromatic heterocycles. The first-order chi connectivity index (χ1) is 15.1. The van der Waals surface area contributed by atoms with E-state index in [1.54, 1.807) is 36.4 Å². The second-order valence-corrected chi connectivity index (χ2v) is 10.4. The summed E-state index contributed by atoms with van der Waals surface area (Å²) in [6.07, 6.45) is 0. The van der Waals surface area contributed by atoms with Crippen molar-refractivity contribution in [3.8, 4) is 0 Å². The fourth-order valence-corrected chi connectivity index (χ4v) is 4.82. The summed E-state index contributed by atoms with van der Waals surface area (Å²) in [4.78, 5) is 12.8. The minimum absolute atomic E-state index is 0.00484. The van der Waals surface area contributed by atoms with E-state index in [0.29, 0.717) is 20.6 Å². The molecular weight excluding hydrogens is 491 g/mol. The Morgan fingerprint density at radius 1 is 0.844 bits per heavy atom. The maximum Gasteiger partial charge on any atom is 0.243 e. The zero-order chi connectivity index (χ0) is 23.3. The van der Waals surface area contributed by atoms with Gasteiger partial charge >= 0.3 is 0 Å². The molecule has 168 valence electrons. The van der Waals surface area contributed by atoms with Gasteiger partial charge in [-0.25, -0.2) is 8.42 Å². The molecule has 1 N–H and O–H groups in total. The van der Waals surface area contributed by atoms with Gasteiger partial charge in [-0.15, -0.1) is 0 Å². The van der Waals surface area contributed by atoms with Gasteiger partial charge in [-0.3, -0.25) is 4.79 Å². The van der Waals surface area contributed by atoms with Crippen LogP contribution in [0.3, 0.4) is 0 Å². The molecule has 0 radical (unpaired) electrons. The van der Waals surface area contributed by atoms with Gasteiger partial charge in [0.15, 0.2) is 0 Å². The number of hydrogen-bond donors (Lipinski definition) is 1. The zero-order valence-corrected chi connectivity index (χ0v) is 20.2. The van der Waals surface area contributed by atoms with Crippen LogP contribution in [0.2, 0.25) is 15.1 Å². The first-order valence-electron chi connectivity index (χ1n) is 9.70. The third-order valence-electron chi connectivity index (χ3n) is 4.79. The summed E-state index contributed by atoms with van der Waals surface area (Å²) < 4.78 is 27.7. The number of amides is 1. The molecule has 1 unspecified atom stereocenters. The molecular formula is C23H21Cl3N2O3S. The molecule has 1 atom stereocenters. The Morgan fingerprint density at radius 2 is 1.31 bits per heavy atom. The normalized spacial score (nSPS) is 12.5. The molecule has 3 rings (SSSR count). The second kappa shape index (κ2) is 10.7. The van der Waals surface area contributed by atoms with Crippen molar-refractivity contribution in [1.82, 2.24) is 9.62 Å². The Hall–Kier alpha value is -2.09. The summed E-state index contributed by atoms with van der Waals surface area (Å²) in [5, 5.41) is 4.39. The van der Waals surface area contributed by atoms with Crippen LogP contribution < -0.4 is 5.32 Å². The van der Waals surface area contributed by atoms with Gasteiger partial charge in [0.25, 0.3) is 0 Å². The number of nitrogens with zero attached hydrogens (tertiary/aromatic N) is 1. The first kappa shape index (κ1) is 24.6. The highest BCUT2D eigenvalue weighted by molar-refractivity contribution is 7.89. The highest BCUT2D eigenvalue weighted by atomic mass is 35.5. The van der Waals surface area contributed by atoms with Crippen LogP contribution in [0.4, 0.5) is 0 Å². The standard InChI is InChI=1S/C23H21Cl3N2O3S/c1-16(18-4-8-20(25)9-5-18)27-23(29)15-28(14-17-2-6-19(24)7-3-17)32(30,31)22-12-10-21(26)11-13-22/h2-13,16H,14-15H2,1H3,(H,27,29). The summed E-state index contributed by atoms with van der Waals surface area (Å²) in [7, 11) is -3.96. The first-order valence-corrected chi connectivity index (χ1v) is 12.3. The Balaban J connectivity index is 1.82. The van der Waals surface area contributed by atoms with Crippen LogP contribution in [-0.4, -0.2) is 25.2 Å². The van der Waals surface area contributed by atoms with E-state index < -0.39 is 15.9 Å². The lowest BCUT2D eigenvalue weighted by Gasteiger charge is -2.23. The van der Waals surface area contributed by atoms with Crippen molar-refractivity contribution < 1.29 is 13.2 Å². The summed E-state index contributed by atoms with van der Waals surface area (Å²) in [6, 6.07) is 19.4. The Morgan fingerprint density at radius 3 is 1.84 bits per heavy atom. The molecule has 0 fully saturated rings. The number of halogens is 3. The number of carbonyl (C=O) groups excluding carboxylic acids is 1. The van der Waals surface area contributed by atoms with Crippen molar-refractivity contribution in [3.63, 3.8) is 0 Å². The van der Waals surface area contributed by atoms with Gasteiger partial charge in [0.2, 0.25) is 15.9 Å². The Kier molecular flexibility index (Phi) is 8.20. The van der Waals surface area contributed by atoms with Crippen molar-refractivity contribution in [2.75, 3.05) is 6.54 Å². The van der Waals surface area contributed by atoms with Gasteiger partial charge in [-0.1, -0.05) is 59.1 Å².